The van der Waals surface area contributed by atoms with Gasteiger partial charge in [-0.1, -0.05) is 18.2 Å². The van der Waals surface area contributed by atoms with E-state index in [2.05, 4.69) is 5.32 Å². The monoisotopic (exact) mass is 498 g/mol. The molecular weight excluding hydrogens is 468 g/mol. The van der Waals surface area contributed by atoms with Crippen LogP contribution in [-0.2, 0) is 18.4 Å². The van der Waals surface area contributed by atoms with E-state index < -0.39 is 0 Å². The summed E-state index contributed by atoms with van der Waals surface area (Å²) in [5, 5.41) is 2.96. The fraction of sp³-hybridized carbons (Fsp3) is 0.286. The molecule has 9 nitrogen and oxygen atoms in total. The normalized spacial score (nSPS) is 13.4. The van der Waals surface area contributed by atoms with Crippen LogP contribution in [0.5, 0.6) is 0 Å². The average molecular weight is 499 g/mol. The quantitative estimate of drug-likeness (QED) is 0.399. The lowest BCUT2D eigenvalue weighted by atomic mass is 10.2. The molecule has 0 bridgehead atoms. The number of likely N-dealkylation sites (tertiary alicyclic amines) is 1. The van der Waals surface area contributed by atoms with Crippen molar-refractivity contribution in [2.45, 2.75) is 25.8 Å². The summed E-state index contributed by atoms with van der Waals surface area (Å²) < 4.78 is 3.73. The predicted molar refractivity (Wildman–Crippen MR) is 143 cm³/mol. The van der Waals surface area contributed by atoms with E-state index in [0.29, 0.717) is 47.9 Å². The first-order valence-electron chi connectivity index (χ1n) is 12.5. The summed E-state index contributed by atoms with van der Waals surface area (Å²) in [6.45, 7) is 2.04. The van der Waals surface area contributed by atoms with Gasteiger partial charge in [-0.3, -0.25) is 19.7 Å². The molecule has 37 heavy (non-hydrogen) atoms. The highest BCUT2D eigenvalue weighted by molar-refractivity contribution is 6.07. The number of carbonyl (C=O) groups is 3. The number of nitrogens with one attached hydrogen (secondary N) is 1. The lowest BCUT2D eigenvalue weighted by Gasteiger charge is -2.18. The van der Waals surface area contributed by atoms with Gasteiger partial charge in [0.2, 0.25) is 11.9 Å². The van der Waals surface area contributed by atoms with Crippen LogP contribution in [0.4, 0.5) is 11.6 Å². The van der Waals surface area contributed by atoms with Crippen molar-refractivity contribution in [1.29, 1.82) is 0 Å². The molecule has 0 saturated carbocycles. The van der Waals surface area contributed by atoms with Gasteiger partial charge in [0.15, 0.2) is 0 Å². The highest BCUT2D eigenvalue weighted by atomic mass is 16.2. The topological polar surface area (TPSA) is 92.5 Å². The number of benzene rings is 2. The minimum atomic E-state index is -0.254. The Kier molecular flexibility index (Phi) is 6.76. The Balaban J connectivity index is 1.43. The number of anilines is 2. The molecule has 2 aromatic heterocycles. The van der Waals surface area contributed by atoms with Crippen LogP contribution in [0.3, 0.4) is 0 Å². The largest absolute Gasteiger partial charge is 0.347 e. The van der Waals surface area contributed by atoms with Crippen molar-refractivity contribution in [2.24, 2.45) is 7.05 Å². The Labute approximate surface area is 215 Å². The van der Waals surface area contributed by atoms with Crippen LogP contribution < -0.4 is 10.2 Å². The number of aryl methyl sites for hydroxylation is 2. The van der Waals surface area contributed by atoms with Gasteiger partial charge in [0.1, 0.15) is 5.69 Å². The summed E-state index contributed by atoms with van der Waals surface area (Å²) in [6.07, 6.45) is 4.07. The molecule has 1 aliphatic rings. The van der Waals surface area contributed by atoms with E-state index in [9.17, 15) is 14.4 Å². The molecular formula is C28H30N6O3. The van der Waals surface area contributed by atoms with Crippen molar-refractivity contribution < 1.29 is 14.4 Å². The third-order valence-electron chi connectivity index (χ3n) is 6.83. The van der Waals surface area contributed by atoms with Gasteiger partial charge in [-0.25, -0.2) is 4.98 Å². The Morgan fingerprint density at radius 2 is 1.86 bits per heavy atom. The molecule has 1 saturated heterocycles. The third kappa shape index (κ3) is 4.97. The van der Waals surface area contributed by atoms with Gasteiger partial charge in [-0.05, 0) is 55.3 Å². The second-order valence-electron chi connectivity index (χ2n) is 9.29. The molecule has 1 N–H and O–H groups in total. The van der Waals surface area contributed by atoms with Crippen LogP contribution in [0.2, 0.25) is 0 Å². The van der Waals surface area contributed by atoms with Crippen molar-refractivity contribution >= 4 is 40.4 Å². The molecule has 0 spiro atoms. The lowest BCUT2D eigenvalue weighted by molar-refractivity contribution is -0.127. The summed E-state index contributed by atoms with van der Waals surface area (Å²) in [5.74, 6) is 0.258. The first kappa shape index (κ1) is 24.3. The van der Waals surface area contributed by atoms with E-state index in [4.69, 9.17) is 4.98 Å². The van der Waals surface area contributed by atoms with E-state index in [1.807, 2.05) is 65.2 Å². The number of aromatic nitrogens is 3. The van der Waals surface area contributed by atoms with Crippen LogP contribution in [-0.4, -0.2) is 56.9 Å². The second-order valence-corrected chi connectivity index (χ2v) is 9.29. The molecule has 1 aliphatic heterocycles. The summed E-state index contributed by atoms with van der Waals surface area (Å²) in [4.78, 5) is 46.2. The molecule has 190 valence electrons. The van der Waals surface area contributed by atoms with Crippen LogP contribution in [0.15, 0.2) is 66.9 Å². The van der Waals surface area contributed by atoms with Gasteiger partial charge in [0, 0.05) is 57.6 Å². The van der Waals surface area contributed by atoms with Gasteiger partial charge < -0.3 is 18.9 Å². The third-order valence-corrected chi connectivity index (χ3v) is 6.83. The molecule has 0 radical (unpaired) electrons. The predicted octanol–water partition coefficient (Wildman–Crippen LogP) is 3.92. The second kappa shape index (κ2) is 10.3. The van der Waals surface area contributed by atoms with Gasteiger partial charge in [-0.2, -0.15) is 0 Å². The van der Waals surface area contributed by atoms with E-state index >= 15 is 0 Å². The minimum absolute atomic E-state index is 0.119. The smallest absolute Gasteiger partial charge is 0.274 e. The van der Waals surface area contributed by atoms with Crippen LogP contribution in [0.1, 0.15) is 40.1 Å². The Bertz CT molecular complexity index is 1460. The molecule has 9 heteroatoms. The van der Waals surface area contributed by atoms with Gasteiger partial charge in [0.05, 0.1) is 11.0 Å². The Hall–Kier alpha value is -4.40. The maximum absolute atomic E-state index is 13.0. The highest BCUT2D eigenvalue weighted by Crippen LogP contribution is 2.26. The van der Waals surface area contributed by atoms with Gasteiger partial charge >= 0.3 is 0 Å². The van der Waals surface area contributed by atoms with E-state index in [1.54, 1.807) is 34.7 Å². The van der Waals surface area contributed by atoms with E-state index in [0.717, 1.165) is 24.9 Å². The summed E-state index contributed by atoms with van der Waals surface area (Å²) in [5.41, 5.74) is 3.34. The Morgan fingerprint density at radius 1 is 1.05 bits per heavy atom. The van der Waals surface area contributed by atoms with Crippen LogP contribution in [0, 0.1) is 0 Å². The summed E-state index contributed by atoms with van der Waals surface area (Å²) in [6, 6.07) is 18.4. The van der Waals surface area contributed by atoms with Crippen molar-refractivity contribution in [2.75, 3.05) is 30.4 Å². The minimum Gasteiger partial charge on any atom is -0.347 e. The maximum atomic E-state index is 13.0. The number of imidazole rings is 1. The van der Waals surface area contributed by atoms with Crippen LogP contribution >= 0.6 is 0 Å². The summed E-state index contributed by atoms with van der Waals surface area (Å²) in [7, 11) is 3.55. The number of carbonyl (C=O) groups excluding carboxylic acids is 3. The number of rotatable bonds is 8. The molecule has 3 heterocycles. The van der Waals surface area contributed by atoms with Crippen molar-refractivity contribution in [3.63, 3.8) is 0 Å². The number of hydrogen-bond donors (Lipinski definition) is 1. The standard InChI is InChI=1S/C28H30N6O3/c1-31-15-6-11-24(31)26(36)30-28-29-22-19-21(32(2)27(37)20-9-4-3-5-10-20)13-14-23(22)34(28)18-8-17-33-16-7-12-25(33)35/h3-6,9-11,13-15,19H,7-8,12,16-18H2,1-2H3,(H,29,30,36). The molecule has 2 aromatic carbocycles. The zero-order valence-electron chi connectivity index (χ0n) is 21.1. The van der Waals surface area contributed by atoms with Crippen LogP contribution in [0.25, 0.3) is 11.0 Å². The summed E-state index contributed by atoms with van der Waals surface area (Å²) >= 11 is 0. The first-order chi connectivity index (χ1) is 17.9. The fourth-order valence-corrected chi connectivity index (χ4v) is 4.76. The zero-order valence-corrected chi connectivity index (χ0v) is 21.1. The molecule has 0 aliphatic carbocycles. The molecule has 3 amide bonds. The van der Waals surface area contributed by atoms with E-state index in [-0.39, 0.29) is 17.7 Å². The number of hydrogen-bond acceptors (Lipinski definition) is 4. The fourth-order valence-electron chi connectivity index (χ4n) is 4.76. The first-order valence-corrected chi connectivity index (χ1v) is 12.5. The highest BCUT2D eigenvalue weighted by Gasteiger charge is 2.21. The van der Waals surface area contributed by atoms with Gasteiger partial charge in [0.25, 0.3) is 11.8 Å². The lowest BCUT2D eigenvalue weighted by Crippen LogP contribution is -2.26. The zero-order chi connectivity index (χ0) is 25.9. The SMILES string of the molecule is CN(C(=O)c1ccccc1)c1ccc2c(c1)nc(NC(=O)c1cccn1C)n2CCCN1CCCC1=O. The Morgan fingerprint density at radius 3 is 2.57 bits per heavy atom. The molecule has 4 aromatic rings. The van der Waals surface area contributed by atoms with Crippen molar-refractivity contribution in [3.8, 4) is 0 Å². The molecule has 0 atom stereocenters. The van der Waals surface area contributed by atoms with E-state index in [1.165, 1.54) is 0 Å². The van der Waals surface area contributed by atoms with Crippen molar-refractivity contribution in [1.82, 2.24) is 19.0 Å². The molecule has 0 unspecified atom stereocenters. The average Bonchev–Trinajstić information content (AvgIpc) is 3.62. The van der Waals surface area contributed by atoms with Crippen molar-refractivity contribution in [3.05, 3.63) is 78.1 Å². The number of amides is 3. The molecule has 5 rings (SSSR count). The van der Waals surface area contributed by atoms with Gasteiger partial charge in [-0.15, -0.1) is 0 Å². The number of nitrogens with zero attached hydrogens (tertiary/aromatic N) is 5. The maximum Gasteiger partial charge on any atom is 0.274 e. The number of fused-ring (bicyclic) bond motifs is 1. The molecule has 1 fully saturated rings.